The average molecular weight is 245 g/mol. The predicted molar refractivity (Wildman–Crippen MR) is 60.3 cm³/mol. The zero-order valence-electron chi connectivity index (χ0n) is 10.2. The topological polar surface area (TPSA) is 92.7 Å². The average Bonchev–Trinajstić information content (AvgIpc) is 2.26. The highest BCUT2D eigenvalue weighted by molar-refractivity contribution is 5.80. The standard InChI is InChI=1S/C11H19NO5/c1-3-17-11(16)8(2)6-7-12-9(13)4-5-10(14)15/h8H,3-7H2,1-2H3,(H,12,13)(H,14,15). The van der Waals surface area contributed by atoms with Crippen LogP contribution < -0.4 is 5.32 Å². The molecular weight excluding hydrogens is 226 g/mol. The SMILES string of the molecule is CCOC(=O)C(C)CCNC(=O)CCC(=O)O. The molecule has 0 saturated carbocycles. The highest BCUT2D eigenvalue weighted by Crippen LogP contribution is 2.03. The molecule has 17 heavy (non-hydrogen) atoms. The van der Waals surface area contributed by atoms with E-state index in [1.165, 1.54) is 0 Å². The van der Waals surface area contributed by atoms with Crippen LogP contribution in [0.3, 0.4) is 0 Å². The molecule has 0 rings (SSSR count). The molecule has 2 N–H and O–H groups in total. The van der Waals surface area contributed by atoms with Gasteiger partial charge in [0.1, 0.15) is 0 Å². The van der Waals surface area contributed by atoms with Gasteiger partial charge in [0.2, 0.25) is 5.91 Å². The Bertz CT molecular complexity index is 277. The number of ether oxygens (including phenoxy) is 1. The quantitative estimate of drug-likeness (QED) is 0.609. The van der Waals surface area contributed by atoms with Crippen molar-refractivity contribution in [2.24, 2.45) is 5.92 Å². The van der Waals surface area contributed by atoms with Crippen LogP contribution in [0, 0.1) is 5.92 Å². The van der Waals surface area contributed by atoms with E-state index in [2.05, 4.69) is 5.32 Å². The first kappa shape index (κ1) is 15.4. The lowest BCUT2D eigenvalue weighted by Crippen LogP contribution is -2.27. The fraction of sp³-hybridized carbons (Fsp3) is 0.727. The molecule has 0 saturated heterocycles. The maximum Gasteiger partial charge on any atom is 0.308 e. The van der Waals surface area contributed by atoms with Gasteiger partial charge in [-0.2, -0.15) is 0 Å². The van der Waals surface area contributed by atoms with Crippen LogP contribution in [0.4, 0.5) is 0 Å². The Kier molecular flexibility index (Phi) is 7.75. The summed E-state index contributed by atoms with van der Waals surface area (Å²) < 4.78 is 4.81. The van der Waals surface area contributed by atoms with Crippen LogP contribution in [0.15, 0.2) is 0 Å². The minimum absolute atomic E-state index is 0.0386. The normalized spacial score (nSPS) is 11.6. The Morgan fingerprint density at radius 1 is 1.29 bits per heavy atom. The molecule has 0 bridgehead atoms. The van der Waals surface area contributed by atoms with Crippen molar-refractivity contribution in [1.82, 2.24) is 5.32 Å². The predicted octanol–water partition coefficient (Wildman–Crippen LogP) is 0.557. The zero-order valence-corrected chi connectivity index (χ0v) is 10.2. The fourth-order valence-electron chi connectivity index (χ4n) is 1.14. The van der Waals surface area contributed by atoms with Crippen LogP contribution in [0.1, 0.15) is 33.1 Å². The van der Waals surface area contributed by atoms with E-state index in [-0.39, 0.29) is 30.6 Å². The summed E-state index contributed by atoms with van der Waals surface area (Å²) in [6, 6.07) is 0. The molecule has 0 aromatic heterocycles. The molecule has 0 aromatic rings. The summed E-state index contributed by atoms with van der Waals surface area (Å²) in [5, 5.41) is 10.9. The molecule has 0 radical (unpaired) electrons. The second-order valence-electron chi connectivity index (χ2n) is 3.69. The van der Waals surface area contributed by atoms with Crippen LogP contribution in [0.25, 0.3) is 0 Å². The van der Waals surface area contributed by atoms with Crippen LogP contribution in [-0.4, -0.2) is 36.1 Å². The van der Waals surface area contributed by atoms with Crippen molar-refractivity contribution in [3.05, 3.63) is 0 Å². The number of rotatable bonds is 8. The van der Waals surface area contributed by atoms with Gasteiger partial charge in [-0.1, -0.05) is 6.92 Å². The van der Waals surface area contributed by atoms with E-state index in [0.29, 0.717) is 19.6 Å². The van der Waals surface area contributed by atoms with Gasteiger partial charge >= 0.3 is 11.9 Å². The van der Waals surface area contributed by atoms with Gasteiger partial charge in [0.25, 0.3) is 0 Å². The molecule has 0 aliphatic rings. The Morgan fingerprint density at radius 2 is 1.94 bits per heavy atom. The van der Waals surface area contributed by atoms with E-state index in [0.717, 1.165) is 0 Å². The highest BCUT2D eigenvalue weighted by atomic mass is 16.5. The largest absolute Gasteiger partial charge is 0.481 e. The second-order valence-corrected chi connectivity index (χ2v) is 3.69. The van der Waals surface area contributed by atoms with Crippen molar-refractivity contribution >= 4 is 17.8 Å². The van der Waals surface area contributed by atoms with Crippen LogP contribution in [0.2, 0.25) is 0 Å². The summed E-state index contributed by atoms with van der Waals surface area (Å²) in [5.74, 6) is -1.87. The molecule has 6 nitrogen and oxygen atoms in total. The molecule has 98 valence electrons. The molecule has 1 amide bonds. The van der Waals surface area contributed by atoms with E-state index >= 15 is 0 Å². The van der Waals surface area contributed by atoms with Gasteiger partial charge < -0.3 is 15.2 Å². The Hall–Kier alpha value is -1.59. The number of carboxylic acid groups (broad SMARTS) is 1. The van der Waals surface area contributed by atoms with Crippen molar-refractivity contribution < 1.29 is 24.2 Å². The van der Waals surface area contributed by atoms with Gasteiger partial charge in [-0.15, -0.1) is 0 Å². The van der Waals surface area contributed by atoms with E-state index in [1.54, 1.807) is 13.8 Å². The van der Waals surface area contributed by atoms with Crippen molar-refractivity contribution in [3.8, 4) is 0 Å². The molecule has 0 aliphatic carbocycles. The molecule has 0 spiro atoms. The van der Waals surface area contributed by atoms with Gasteiger partial charge in [-0.05, 0) is 13.3 Å². The van der Waals surface area contributed by atoms with Crippen LogP contribution in [0.5, 0.6) is 0 Å². The molecule has 1 unspecified atom stereocenters. The van der Waals surface area contributed by atoms with Gasteiger partial charge in [-0.25, -0.2) is 0 Å². The minimum atomic E-state index is -1.000. The third kappa shape index (κ3) is 8.24. The summed E-state index contributed by atoms with van der Waals surface area (Å²) in [4.78, 5) is 32.6. The van der Waals surface area contributed by atoms with E-state index in [4.69, 9.17) is 9.84 Å². The third-order valence-electron chi connectivity index (χ3n) is 2.15. The highest BCUT2D eigenvalue weighted by Gasteiger charge is 2.13. The lowest BCUT2D eigenvalue weighted by atomic mass is 10.1. The first-order chi connectivity index (χ1) is 7.97. The number of carboxylic acids is 1. The number of nitrogens with one attached hydrogen (secondary N) is 1. The Labute approximate surface area is 100 Å². The Balaban J connectivity index is 3.65. The van der Waals surface area contributed by atoms with Gasteiger partial charge in [0, 0.05) is 13.0 Å². The lowest BCUT2D eigenvalue weighted by molar-refractivity contribution is -0.147. The molecule has 0 heterocycles. The lowest BCUT2D eigenvalue weighted by Gasteiger charge is -2.10. The number of esters is 1. The number of carbonyl (C=O) groups excluding carboxylic acids is 2. The van der Waals surface area contributed by atoms with Crippen LogP contribution in [-0.2, 0) is 19.1 Å². The maximum absolute atomic E-state index is 11.2. The first-order valence-corrected chi connectivity index (χ1v) is 5.62. The summed E-state index contributed by atoms with van der Waals surface area (Å²) in [6.45, 7) is 4.15. The number of amides is 1. The third-order valence-corrected chi connectivity index (χ3v) is 2.15. The monoisotopic (exact) mass is 245 g/mol. The number of aliphatic carboxylic acids is 1. The molecule has 1 atom stereocenters. The van der Waals surface area contributed by atoms with Crippen molar-refractivity contribution in [3.63, 3.8) is 0 Å². The maximum atomic E-state index is 11.2. The number of carbonyl (C=O) groups is 3. The van der Waals surface area contributed by atoms with Crippen molar-refractivity contribution in [2.45, 2.75) is 33.1 Å². The van der Waals surface area contributed by atoms with E-state index in [1.807, 2.05) is 0 Å². The molecule has 0 aromatic carbocycles. The van der Waals surface area contributed by atoms with Gasteiger partial charge in [0.15, 0.2) is 0 Å². The molecule has 6 heteroatoms. The van der Waals surface area contributed by atoms with Gasteiger partial charge in [0.05, 0.1) is 18.9 Å². The van der Waals surface area contributed by atoms with E-state index < -0.39 is 5.97 Å². The minimum Gasteiger partial charge on any atom is -0.481 e. The van der Waals surface area contributed by atoms with Crippen molar-refractivity contribution in [1.29, 1.82) is 0 Å². The summed E-state index contributed by atoms with van der Waals surface area (Å²) in [7, 11) is 0. The molecule has 0 aliphatic heterocycles. The summed E-state index contributed by atoms with van der Waals surface area (Å²) >= 11 is 0. The second kappa shape index (κ2) is 8.55. The molecular formula is C11H19NO5. The van der Waals surface area contributed by atoms with Crippen LogP contribution >= 0.6 is 0 Å². The van der Waals surface area contributed by atoms with E-state index in [9.17, 15) is 14.4 Å². The zero-order chi connectivity index (χ0) is 13.3. The first-order valence-electron chi connectivity index (χ1n) is 5.62. The number of hydrogen-bond acceptors (Lipinski definition) is 4. The summed E-state index contributed by atoms with van der Waals surface area (Å²) in [5.41, 5.74) is 0. The smallest absolute Gasteiger partial charge is 0.308 e. The van der Waals surface area contributed by atoms with Crippen molar-refractivity contribution in [2.75, 3.05) is 13.2 Å². The number of hydrogen-bond donors (Lipinski definition) is 2. The van der Waals surface area contributed by atoms with Gasteiger partial charge in [-0.3, -0.25) is 14.4 Å². The Morgan fingerprint density at radius 3 is 2.47 bits per heavy atom. The molecule has 0 fully saturated rings. The summed E-state index contributed by atoms with van der Waals surface area (Å²) in [6.07, 6.45) is 0.264. The fourth-order valence-corrected chi connectivity index (χ4v) is 1.14.